The summed E-state index contributed by atoms with van der Waals surface area (Å²) in [6, 6.07) is 7.43. The summed E-state index contributed by atoms with van der Waals surface area (Å²) in [6.45, 7) is 0.741. The number of nitrogen functional groups attached to an aromatic ring is 1. The first-order valence-corrected chi connectivity index (χ1v) is 10.4. The fourth-order valence-electron chi connectivity index (χ4n) is 4.47. The van der Waals surface area contributed by atoms with Crippen molar-refractivity contribution in [3.05, 3.63) is 67.6 Å². The molecule has 1 saturated heterocycles. The van der Waals surface area contributed by atoms with E-state index >= 15 is 4.39 Å². The number of aromatic hydroxyl groups is 1. The molecule has 2 fully saturated rings. The van der Waals surface area contributed by atoms with Gasteiger partial charge in [-0.1, -0.05) is 23.7 Å². The van der Waals surface area contributed by atoms with Crippen molar-refractivity contribution >= 4 is 28.2 Å². The second kappa shape index (κ2) is 7.00. The molecule has 5 N–H and O–H groups in total. The predicted octanol–water partition coefficient (Wildman–Crippen LogP) is 1.64. The fourth-order valence-corrected chi connectivity index (χ4v) is 4.88. The van der Waals surface area contributed by atoms with Crippen LogP contribution in [0.25, 0.3) is 10.9 Å². The smallest absolute Gasteiger partial charge is 0.350 e. The van der Waals surface area contributed by atoms with Crippen molar-refractivity contribution in [2.45, 2.75) is 30.8 Å². The van der Waals surface area contributed by atoms with E-state index in [0.717, 1.165) is 24.5 Å². The quantitative estimate of drug-likeness (QED) is 0.527. The highest BCUT2D eigenvalue weighted by atomic mass is 35.5. The van der Waals surface area contributed by atoms with Crippen molar-refractivity contribution in [2.75, 3.05) is 23.8 Å². The second-order valence-electron chi connectivity index (χ2n) is 8.24. The lowest BCUT2D eigenvalue weighted by Gasteiger charge is -2.23. The van der Waals surface area contributed by atoms with Crippen molar-refractivity contribution in [1.82, 2.24) is 9.24 Å². The summed E-state index contributed by atoms with van der Waals surface area (Å²) in [6.07, 6.45) is 1.52. The largest absolute Gasteiger partial charge is 0.508 e. The third-order valence-electron chi connectivity index (χ3n) is 6.19. The molecule has 1 aliphatic carbocycles. The van der Waals surface area contributed by atoms with E-state index in [-0.39, 0.29) is 45.4 Å². The molecule has 0 bridgehead atoms. The Morgan fingerprint density at radius 1 is 1.13 bits per heavy atom. The first-order chi connectivity index (χ1) is 14.8. The zero-order valence-corrected chi connectivity index (χ0v) is 17.2. The van der Waals surface area contributed by atoms with Gasteiger partial charge in [0.25, 0.3) is 5.56 Å². The van der Waals surface area contributed by atoms with Gasteiger partial charge in [-0.3, -0.25) is 9.36 Å². The molecule has 1 aromatic heterocycles. The lowest BCUT2D eigenvalue weighted by molar-refractivity contribution is 0.474. The van der Waals surface area contributed by atoms with Crippen molar-refractivity contribution in [2.24, 2.45) is 5.73 Å². The van der Waals surface area contributed by atoms with E-state index in [2.05, 4.69) is 0 Å². The van der Waals surface area contributed by atoms with Crippen LogP contribution in [0.5, 0.6) is 5.75 Å². The predicted molar refractivity (Wildman–Crippen MR) is 117 cm³/mol. The normalized spacial score (nSPS) is 21.2. The number of halogens is 2. The SMILES string of the molecule is N[C@H]1CN(c2c(F)cc3c(=O)n(N)c(=O)n(C4CC4)c3c2Cl)C[C@@H]1c1ccc(O)cc1. The Morgan fingerprint density at radius 2 is 1.81 bits per heavy atom. The molecular formula is C21H21ClFN5O3. The molecule has 10 heteroatoms. The van der Waals surface area contributed by atoms with Gasteiger partial charge in [0.15, 0.2) is 0 Å². The highest BCUT2D eigenvalue weighted by Crippen LogP contribution is 2.42. The minimum absolute atomic E-state index is 0.00950. The number of benzene rings is 2. The zero-order chi connectivity index (χ0) is 22.0. The molecule has 1 saturated carbocycles. The number of rotatable bonds is 3. The Balaban J connectivity index is 1.65. The highest BCUT2D eigenvalue weighted by Gasteiger charge is 2.36. The van der Waals surface area contributed by atoms with Gasteiger partial charge in [-0.15, -0.1) is 0 Å². The number of nitrogens with zero attached hydrogens (tertiary/aromatic N) is 3. The second-order valence-corrected chi connectivity index (χ2v) is 8.62. The standard InChI is InChI=1S/C21H21ClFN5O3/c22-17-18-13(20(30)28(25)21(31)27(18)11-3-4-11)7-15(23)19(17)26-8-14(16(24)9-26)10-1-5-12(29)6-2-10/h1-2,5-7,11,14,16,29H,3-4,8-9,24-25H2/t14-,16+/m1/s1. The molecule has 2 aliphatic rings. The third kappa shape index (κ3) is 3.07. The molecule has 2 heterocycles. The van der Waals surface area contributed by atoms with Gasteiger partial charge in [-0.2, -0.15) is 4.68 Å². The Morgan fingerprint density at radius 3 is 2.45 bits per heavy atom. The van der Waals surface area contributed by atoms with Gasteiger partial charge >= 0.3 is 5.69 Å². The lowest BCUT2D eigenvalue weighted by atomic mass is 9.95. The van der Waals surface area contributed by atoms with E-state index in [1.165, 1.54) is 4.57 Å². The summed E-state index contributed by atoms with van der Waals surface area (Å²) in [5, 5.41) is 9.52. The lowest BCUT2D eigenvalue weighted by Crippen LogP contribution is -2.44. The van der Waals surface area contributed by atoms with Crippen LogP contribution in [0.3, 0.4) is 0 Å². The van der Waals surface area contributed by atoms with E-state index < -0.39 is 17.1 Å². The molecule has 0 radical (unpaired) electrons. The van der Waals surface area contributed by atoms with Crippen molar-refractivity contribution in [1.29, 1.82) is 0 Å². The molecule has 162 valence electrons. The molecule has 31 heavy (non-hydrogen) atoms. The Kier molecular flexibility index (Phi) is 4.49. The van der Waals surface area contributed by atoms with Crippen LogP contribution >= 0.6 is 11.6 Å². The van der Waals surface area contributed by atoms with E-state index in [1.807, 2.05) is 0 Å². The first-order valence-electron chi connectivity index (χ1n) is 10.0. The number of phenolic OH excluding ortho intramolecular Hbond substituents is 1. The molecule has 3 aromatic rings. The first kappa shape index (κ1) is 19.9. The maximum absolute atomic E-state index is 15.2. The van der Waals surface area contributed by atoms with Crippen LogP contribution in [0.2, 0.25) is 5.02 Å². The molecule has 0 unspecified atom stereocenters. The van der Waals surface area contributed by atoms with Crippen LogP contribution in [0.1, 0.15) is 30.4 Å². The maximum Gasteiger partial charge on any atom is 0.350 e. The van der Waals surface area contributed by atoms with Crippen LogP contribution < -0.4 is 27.7 Å². The summed E-state index contributed by atoms with van der Waals surface area (Å²) in [7, 11) is 0. The van der Waals surface area contributed by atoms with E-state index in [9.17, 15) is 14.7 Å². The van der Waals surface area contributed by atoms with Gasteiger partial charge in [-0.05, 0) is 36.6 Å². The van der Waals surface area contributed by atoms with Crippen molar-refractivity contribution < 1.29 is 9.50 Å². The monoisotopic (exact) mass is 445 g/mol. The molecule has 5 rings (SSSR count). The van der Waals surface area contributed by atoms with E-state index in [1.54, 1.807) is 29.2 Å². The van der Waals surface area contributed by atoms with E-state index in [4.69, 9.17) is 23.2 Å². The van der Waals surface area contributed by atoms with Crippen LogP contribution in [-0.4, -0.2) is 33.5 Å². The molecule has 1 aliphatic heterocycles. The number of nitrogens with two attached hydrogens (primary N) is 2. The van der Waals surface area contributed by atoms with Gasteiger partial charge < -0.3 is 21.6 Å². The zero-order valence-electron chi connectivity index (χ0n) is 16.5. The third-order valence-corrected chi connectivity index (χ3v) is 6.54. The minimum atomic E-state index is -0.788. The summed E-state index contributed by atoms with van der Waals surface area (Å²) in [4.78, 5) is 27.0. The van der Waals surface area contributed by atoms with Gasteiger partial charge in [0.2, 0.25) is 0 Å². The molecule has 2 atom stereocenters. The molecule has 8 nitrogen and oxygen atoms in total. The summed E-state index contributed by atoms with van der Waals surface area (Å²) in [5.74, 6) is 5.02. The molecule has 0 spiro atoms. The number of phenols is 1. The fraction of sp³-hybridized carbons (Fsp3) is 0.333. The summed E-state index contributed by atoms with van der Waals surface area (Å²) < 4.78 is 17.1. The average Bonchev–Trinajstić information content (AvgIpc) is 3.50. The maximum atomic E-state index is 15.2. The number of aromatic nitrogens is 2. The van der Waals surface area contributed by atoms with E-state index in [0.29, 0.717) is 17.8 Å². The Labute approximate surface area is 181 Å². The van der Waals surface area contributed by atoms with Crippen LogP contribution in [0.15, 0.2) is 39.9 Å². The van der Waals surface area contributed by atoms with Crippen LogP contribution in [0, 0.1) is 5.82 Å². The minimum Gasteiger partial charge on any atom is -0.508 e. The number of anilines is 1. The topological polar surface area (TPSA) is 120 Å². The summed E-state index contributed by atoms with van der Waals surface area (Å²) >= 11 is 6.66. The van der Waals surface area contributed by atoms with Crippen molar-refractivity contribution in [3.8, 4) is 5.75 Å². The Hall–Kier alpha value is -3.04. The van der Waals surface area contributed by atoms with Gasteiger partial charge in [0.05, 0.1) is 21.6 Å². The van der Waals surface area contributed by atoms with Gasteiger partial charge in [0, 0.05) is 31.1 Å². The van der Waals surface area contributed by atoms with Crippen molar-refractivity contribution in [3.63, 3.8) is 0 Å². The summed E-state index contributed by atoms with van der Waals surface area (Å²) in [5.41, 5.74) is 6.15. The molecule has 2 aromatic carbocycles. The van der Waals surface area contributed by atoms with Crippen LogP contribution in [-0.2, 0) is 0 Å². The van der Waals surface area contributed by atoms with Gasteiger partial charge in [0.1, 0.15) is 11.6 Å². The highest BCUT2D eigenvalue weighted by molar-refractivity contribution is 6.38. The number of hydrogen-bond donors (Lipinski definition) is 3. The average molecular weight is 446 g/mol. The molecular weight excluding hydrogens is 425 g/mol. The van der Waals surface area contributed by atoms with Crippen LogP contribution in [0.4, 0.5) is 10.1 Å². The molecule has 0 amide bonds. The number of fused-ring (bicyclic) bond motifs is 1. The Bertz CT molecular complexity index is 1320. The van der Waals surface area contributed by atoms with Gasteiger partial charge in [-0.25, -0.2) is 9.18 Å². The number of hydrogen-bond acceptors (Lipinski definition) is 6.